The van der Waals surface area contributed by atoms with Crippen molar-refractivity contribution in [3.8, 4) is 0 Å². The molecule has 4 heteroatoms. The molecule has 0 amide bonds. The molecule has 1 fully saturated rings. The van der Waals surface area contributed by atoms with Crippen LogP contribution in [0.5, 0.6) is 0 Å². The summed E-state index contributed by atoms with van der Waals surface area (Å²) in [7, 11) is 1.77. The second-order valence-electron chi connectivity index (χ2n) is 3.56. The first-order valence-electron chi connectivity index (χ1n) is 4.68. The van der Waals surface area contributed by atoms with Crippen LogP contribution in [0.3, 0.4) is 0 Å². The van der Waals surface area contributed by atoms with E-state index in [-0.39, 0.29) is 0 Å². The van der Waals surface area contributed by atoms with Gasteiger partial charge in [-0.05, 0) is 34.8 Å². The number of anilines is 1. The van der Waals surface area contributed by atoms with Crippen molar-refractivity contribution >= 4 is 21.6 Å². The lowest BCUT2D eigenvalue weighted by atomic mass is 9.89. The molecule has 14 heavy (non-hydrogen) atoms. The van der Waals surface area contributed by atoms with E-state index < -0.39 is 0 Å². The minimum atomic E-state index is 0.438. The molecule has 76 valence electrons. The average molecular weight is 257 g/mol. The van der Waals surface area contributed by atoms with Gasteiger partial charge >= 0.3 is 0 Å². The monoisotopic (exact) mass is 256 g/mol. The maximum Gasteiger partial charge on any atom is 0.0610 e. The van der Waals surface area contributed by atoms with Gasteiger partial charge in [-0.25, -0.2) is 0 Å². The van der Waals surface area contributed by atoms with E-state index in [1.54, 1.807) is 13.3 Å². The first-order valence-corrected chi connectivity index (χ1v) is 5.47. The standard InChI is InChI=1S/C10H13BrN2O/c1-14-10-3-8(4-10)13-9-2-7(11)5-12-6-9/h2,5-6,8,10,13H,3-4H2,1H3. The zero-order chi connectivity index (χ0) is 9.97. The van der Waals surface area contributed by atoms with Crippen molar-refractivity contribution in [1.82, 2.24) is 4.98 Å². The van der Waals surface area contributed by atoms with Crippen LogP contribution in [0.25, 0.3) is 0 Å². The number of rotatable bonds is 3. The van der Waals surface area contributed by atoms with Gasteiger partial charge in [-0.3, -0.25) is 4.98 Å². The Morgan fingerprint density at radius 2 is 2.29 bits per heavy atom. The van der Waals surface area contributed by atoms with E-state index in [0.29, 0.717) is 12.1 Å². The van der Waals surface area contributed by atoms with Crippen molar-refractivity contribution in [3.63, 3.8) is 0 Å². The van der Waals surface area contributed by atoms with Gasteiger partial charge in [0.2, 0.25) is 0 Å². The second kappa shape index (κ2) is 4.28. The lowest BCUT2D eigenvalue weighted by molar-refractivity contribution is 0.0328. The summed E-state index contributed by atoms with van der Waals surface area (Å²) in [6.45, 7) is 0. The highest BCUT2D eigenvalue weighted by molar-refractivity contribution is 9.10. The summed E-state index contributed by atoms with van der Waals surface area (Å²) >= 11 is 3.39. The summed E-state index contributed by atoms with van der Waals surface area (Å²) < 4.78 is 6.22. The molecule has 1 saturated carbocycles. The number of ether oxygens (including phenoxy) is 1. The fraction of sp³-hybridized carbons (Fsp3) is 0.500. The number of halogens is 1. The SMILES string of the molecule is COC1CC(Nc2cncc(Br)c2)C1. The molecule has 0 unspecified atom stereocenters. The zero-order valence-electron chi connectivity index (χ0n) is 8.03. The molecule has 1 heterocycles. The van der Waals surface area contributed by atoms with Crippen LogP contribution < -0.4 is 5.32 Å². The van der Waals surface area contributed by atoms with Crippen LogP contribution in [0.2, 0.25) is 0 Å². The van der Waals surface area contributed by atoms with Crippen LogP contribution in [0.4, 0.5) is 5.69 Å². The fourth-order valence-corrected chi connectivity index (χ4v) is 1.97. The lowest BCUT2D eigenvalue weighted by Gasteiger charge is -2.35. The van der Waals surface area contributed by atoms with Gasteiger partial charge in [0.25, 0.3) is 0 Å². The van der Waals surface area contributed by atoms with Gasteiger partial charge < -0.3 is 10.1 Å². The van der Waals surface area contributed by atoms with Crippen molar-refractivity contribution in [2.24, 2.45) is 0 Å². The van der Waals surface area contributed by atoms with Gasteiger partial charge in [0, 0.05) is 23.8 Å². The Morgan fingerprint density at radius 1 is 1.50 bits per heavy atom. The van der Waals surface area contributed by atoms with E-state index in [1.165, 1.54) is 0 Å². The minimum absolute atomic E-state index is 0.438. The topological polar surface area (TPSA) is 34.1 Å². The third-order valence-corrected chi connectivity index (χ3v) is 2.94. The van der Waals surface area contributed by atoms with E-state index in [9.17, 15) is 0 Å². The fourth-order valence-electron chi connectivity index (χ4n) is 1.60. The molecule has 0 saturated heterocycles. The summed E-state index contributed by atoms with van der Waals surface area (Å²) in [6, 6.07) is 2.57. The molecule has 0 aromatic carbocycles. The predicted octanol–water partition coefficient (Wildman–Crippen LogP) is 2.43. The quantitative estimate of drug-likeness (QED) is 0.903. The van der Waals surface area contributed by atoms with Crippen molar-refractivity contribution < 1.29 is 4.74 Å². The van der Waals surface area contributed by atoms with Crippen LogP contribution in [0.1, 0.15) is 12.8 Å². The van der Waals surface area contributed by atoms with Crippen LogP contribution in [-0.2, 0) is 4.74 Å². The molecule has 3 nitrogen and oxygen atoms in total. The van der Waals surface area contributed by atoms with Crippen LogP contribution in [0, 0.1) is 0 Å². The summed E-state index contributed by atoms with van der Waals surface area (Å²) in [4.78, 5) is 4.09. The number of methoxy groups -OCH3 is 1. The molecule has 1 aliphatic carbocycles. The first kappa shape index (κ1) is 9.93. The van der Waals surface area contributed by atoms with Crippen molar-refractivity contribution in [2.45, 2.75) is 25.0 Å². The van der Waals surface area contributed by atoms with E-state index in [2.05, 4.69) is 26.2 Å². The number of hydrogen-bond donors (Lipinski definition) is 1. The van der Waals surface area contributed by atoms with Crippen LogP contribution in [0.15, 0.2) is 22.9 Å². The second-order valence-corrected chi connectivity index (χ2v) is 4.48. The Hall–Kier alpha value is -0.610. The minimum Gasteiger partial charge on any atom is -0.381 e. The predicted molar refractivity (Wildman–Crippen MR) is 59.4 cm³/mol. The Labute approximate surface area is 92.0 Å². The maximum absolute atomic E-state index is 5.21. The van der Waals surface area contributed by atoms with E-state index in [1.807, 2.05) is 12.3 Å². The molecule has 1 aromatic rings. The van der Waals surface area contributed by atoms with E-state index in [0.717, 1.165) is 23.0 Å². The summed E-state index contributed by atoms with van der Waals surface area (Å²) in [5.41, 5.74) is 1.07. The molecule has 0 spiro atoms. The van der Waals surface area contributed by atoms with Gasteiger partial charge in [0.15, 0.2) is 0 Å². The molecular weight excluding hydrogens is 244 g/mol. The Bertz CT molecular complexity index is 313. The molecule has 0 aliphatic heterocycles. The highest BCUT2D eigenvalue weighted by Gasteiger charge is 2.28. The van der Waals surface area contributed by atoms with E-state index in [4.69, 9.17) is 4.74 Å². The third kappa shape index (κ3) is 2.25. The Morgan fingerprint density at radius 3 is 2.93 bits per heavy atom. The third-order valence-electron chi connectivity index (χ3n) is 2.50. The molecule has 2 rings (SSSR count). The molecule has 1 N–H and O–H groups in total. The highest BCUT2D eigenvalue weighted by atomic mass is 79.9. The maximum atomic E-state index is 5.21. The normalized spacial score (nSPS) is 25.6. The Balaban J connectivity index is 1.87. The van der Waals surface area contributed by atoms with Gasteiger partial charge in [0.05, 0.1) is 18.0 Å². The number of aromatic nitrogens is 1. The number of hydrogen-bond acceptors (Lipinski definition) is 3. The lowest BCUT2D eigenvalue weighted by Crippen LogP contribution is -2.40. The number of pyridine rings is 1. The first-order chi connectivity index (χ1) is 6.78. The van der Waals surface area contributed by atoms with Crippen LogP contribution in [-0.4, -0.2) is 24.2 Å². The smallest absolute Gasteiger partial charge is 0.0610 e. The van der Waals surface area contributed by atoms with E-state index >= 15 is 0 Å². The average Bonchev–Trinajstić information content (AvgIpc) is 2.10. The summed E-state index contributed by atoms with van der Waals surface area (Å²) in [5, 5.41) is 3.41. The largest absolute Gasteiger partial charge is 0.381 e. The van der Waals surface area contributed by atoms with Gasteiger partial charge in [-0.2, -0.15) is 0 Å². The molecule has 1 aliphatic rings. The molecule has 0 atom stereocenters. The Kier molecular flexibility index (Phi) is 3.03. The van der Waals surface area contributed by atoms with Gasteiger partial charge in [0.1, 0.15) is 0 Å². The van der Waals surface area contributed by atoms with Crippen molar-refractivity contribution in [1.29, 1.82) is 0 Å². The molecular formula is C10H13BrN2O. The summed E-state index contributed by atoms with van der Waals surface area (Å²) in [5.74, 6) is 0. The molecule has 0 bridgehead atoms. The highest BCUT2D eigenvalue weighted by Crippen LogP contribution is 2.26. The molecule has 0 radical (unpaired) electrons. The van der Waals surface area contributed by atoms with Crippen LogP contribution >= 0.6 is 15.9 Å². The van der Waals surface area contributed by atoms with Crippen molar-refractivity contribution in [3.05, 3.63) is 22.9 Å². The zero-order valence-corrected chi connectivity index (χ0v) is 9.62. The van der Waals surface area contributed by atoms with Crippen molar-refractivity contribution in [2.75, 3.05) is 12.4 Å². The molecule has 1 aromatic heterocycles. The van der Waals surface area contributed by atoms with Gasteiger partial charge in [-0.1, -0.05) is 0 Å². The van der Waals surface area contributed by atoms with Gasteiger partial charge in [-0.15, -0.1) is 0 Å². The summed E-state index contributed by atoms with van der Waals surface area (Å²) in [6.07, 6.45) is 6.23. The number of nitrogens with one attached hydrogen (secondary N) is 1. The number of nitrogens with zero attached hydrogens (tertiary/aromatic N) is 1.